The van der Waals surface area contributed by atoms with Crippen molar-refractivity contribution in [3.8, 4) is 5.75 Å². The molecule has 0 heterocycles. The van der Waals surface area contributed by atoms with Gasteiger partial charge in [-0.05, 0) is 24.5 Å². The third-order valence-corrected chi connectivity index (χ3v) is 2.73. The average Bonchev–Trinajstić information content (AvgIpc) is 2.36. The molecule has 1 atom stereocenters. The number of carboxylic acids is 1. The lowest BCUT2D eigenvalue weighted by Crippen LogP contribution is -2.41. The summed E-state index contributed by atoms with van der Waals surface area (Å²) in [6.07, 6.45) is 0.277. The van der Waals surface area contributed by atoms with Gasteiger partial charge in [-0.25, -0.2) is 9.18 Å². The van der Waals surface area contributed by atoms with E-state index >= 15 is 0 Å². The second kappa shape index (κ2) is 6.88. The number of carbonyl (C=O) groups is 2. The van der Waals surface area contributed by atoms with Gasteiger partial charge in [0.05, 0.1) is 12.7 Å². The van der Waals surface area contributed by atoms with Gasteiger partial charge in [-0.2, -0.15) is 0 Å². The van der Waals surface area contributed by atoms with E-state index in [-0.39, 0.29) is 23.7 Å². The van der Waals surface area contributed by atoms with E-state index in [0.29, 0.717) is 0 Å². The maximum Gasteiger partial charge on any atom is 0.326 e. The summed E-state index contributed by atoms with van der Waals surface area (Å²) in [5.74, 6) is -2.26. The minimum Gasteiger partial charge on any atom is -0.497 e. The number of hydrogen-bond donors (Lipinski definition) is 2. The Hall–Kier alpha value is -2.11. The van der Waals surface area contributed by atoms with Gasteiger partial charge in [-0.15, -0.1) is 0 Å². The molecule has 0 saturated heterocycles. The van der Waals surface area contributed by atoms with Gasteiger partial charge in [0.15, 0.2) is 0 Å². The lowest BCUT2D eigenvalue weighted by atomic mass is 10.0. The molecule has 5 nitrogen and oxygen atoms in total. The van der Waals surface area contributed by atoms with Gasteiger partial charge in [0, 0.05) is 6.07 Å². The summed E-state index contributed by atoms with van der Waals surface area (Å²) < 4.78 is 18.5. The summed E-state index contributed by atoms with van der Waals surface area (Å²) >= 11 is 0. The Morgan fingerprint density at radius 1 is 1.40 bits per heavy atom. The van der Waals surface area contributed by atoms with Crippen LogP contribution in [0.1, 0.15) is 30.6 Å². The molecule has 1 amide bonds. The Kier molecular flexibility index (Phi) is 5.49. The number of hydrogen-bond acceptors (Lipinski definition) is 3. The van der Waals surface area contributed by atoms with E-state index in [1.54, 1.807) is 0 Å². The van der Waals surface area contributed by atoms with Crippen molar-refractivity contribution in [3.63, 3.8) is 0 Å². The minimum absolute atomic E-state index is 0.0946. The van der Waals surface area contributed by atoms with Crippen molar-refractivity contribution >= 4 is 11.9 Å². The minimum atomic E-state index is -1.14. The van der Waals surface area contributed by atoms with Gasteiger partial charge in [0.2, 0.25) is 0 Å². The molecule has 0 spiro atoms. The number of halogens is 1. The Morgan fingerprint density at radius 2 is 2.05 bits per heavy atom. The van der Waals surface area contributed by atoms with E-state index in [0.717, 1.165) is 6.07 Å². The van der Waals surface area contributed by atoms with Crippen LogP contribution < -0.4 is 10.1 Å². The smallest absolute Gasteiger partial charge is 0.326 e. The summed E-state index contributed by atoms with van der Waals surface area (Å²) in [4.78, 5) is 23.0. The highest BCUT2D eigenvalue weighted by Crippen LogP contribution is 2.16. The van der Waals surface area contributed by atoms with Crippen molar-refractivity contribution < 1.29 is 23.8 Å². The standard InChI is InChI=1S/C14H18FNO4/c1-8(2)6-12(14(18)19)16-13(17)10-5-4-9(20-3)7-11(10)15/h4-5,7-8,12H,6H2,1-3H3,(H,16,17)(H,18,19)/t12-/m1/s1. The second-order valence-corrected chi connectivity index (χ2v) is 4.84. The number of benzene rings is 1. The fraction of sp³-hybridized carbons (Fsp3) is 0.429. The topological polar surface area (TPSA) is 75.6 Å². The Bertz CT molecular complexity index is 502. The quantitative estimate of drug-likeness (QED) is 0.838. The van der Waals surface area contributed by atoms with Crippen LogP contribution in [0.15, 0.2) is 18.2 Å². The number of ether oxygens (including phenoxy) is 1. The van der Waals surface area contributed by atoms with Gasteiger partial charge < -0.3 is 15.2 Å². The van der Waals surface area contributed by atoms with Gasteiger partial charge >= 0.3 is 5.97 Å². The number of amides is 1. The summed E-state index contributed by atoms with van der Waals surface area (Å²) in [7, 11) is 1.39. The van der Waals surface area contributed by atoms with Gasteiger partial charge in [-0.1, -0.05) is 13.8 Å². The number of carbonyl (C=O) groups excluding carboxylic acids is 1. The normalized spacial score (nSPS) is 12.1. The molecule has 0 aliphatic carbocycles. The second-order valence-electron chi connectivity index (χ2n) is 4.84. The van der Waals surface area contributed by atoms with Crippen LogP contribution in [0.5, 0.6) is 5.75 Å². The Labute approximate surface area is 116 Å². The van der Waals surface area contributed by atoms with Crippen LogP contribution in [0.25, 0.3) is 0 Å². The van der Waals surface area contributed by atoms with E-state index in [9.17, 15) is 14.0 Å². The van der Waals surface area contributed by atoms with Crippen molar-refractivity contribution in [2.45, 2.75) is 26.3 Å². The summed E-state index contributed by atoms with van der Waals surface area (Å²) in [5, 5.41) is 11.4. The van der Waals surface area contributed by atoms with Crippen molar-refractivity contribution in [1.29, 1.82) is 0 Å². The van der Waals surface area contributed by atoms with E-state index in [2.05, 4.69) is 5.32 Å². The molecule has 110 valence electrons. The summed E-state index contributed by atoms with van der Waals surface area (Å²) in [5.41, 5.74) is -0.208. The molecular weight excluding hydrogens is 265 g/mol. The molecular formula is C14H18FNO4. The molecule has 0 aliphatic heterocycles. The number of methoxy groups -OCH3 is 1. The molecule has 0 fully saturated rings. The molecule has 6 heteroatoms. The Morgan fingerprint density at radius 3 is 2.50 bits per heavy atom. The molecule has 0 bridgehead atoms. The van der Waals surface area contributed by atoms with E-state index in [4.69, 9.17) is 9.84 Å². The van der Waals surface area contributed by atoms with Gasteiger partial charge in [0.1, 0.15) is 17.6 Å². The summed E-state index contributed by atoms with van der Waals surface area (Å²) in [6.45, 7) is 3.69. The monoisotopic (exact) mass is 283 g/mol. The molecule has 0 aromatic heterocycles. The number of carboxylic acid groups (broad SMARTS) is 1. The SMILES string of the molecule is COc1ccc(C(=O)N[C@H](CC(C)C)C(=O)O)c(F)c1. The molecule has 0 aliphatic rings. The third-order valence-electron chi connectivity index (χ3n) is 2.73. The number of aliphatic carboxylic acids is 1. The van der Waals surface area contributed by atoms with E-state index < -0.39 is 23.7 Å². The Balaban J connectivity index is 2.86. The first-order valence-electron chi connectivity index (χ1n) is 6.22. The third kappa shape index (κ3) is 4.22. The number of nitrogens with one attached hydrogen (secondary N) is 1. The maximum atomic E-state index is 13.7. The van der Waals surface area contributed by atoms with Crippen molar-refractivity contribution in [3.05, 3.63) is 29.6 Å². The van der Waals surface area contributed by atoms with Crippen LogP contribution in [0.4, 0.5) is 4.39 Å². The highest BCUT2D eigenvalue weighted by atomic mass is 19.1. The maximum absolute atomic E-state index is 13.7. The van der Waals surface area contributed by atoms with Crippen molar-refractivity contribution in [2.24, 2.45) is 5.92 Å². The number of rotatable bonds is 6. The van der Waals surface area contributed by atoms with Crippen LogP contribution in [0.2, 0.25) is 0 Å². The van der Waals surface area contributed by atoms with Crippen molar-refractivity contribution in [2.75, 3.05) is 7.11 Å². The lowest BCUT2D eigenvalue weighted by Gasteiger charge is -2.16. The molecule has 2 N–H and O–H groups in total. The zero-order valence-electron chi connectivity index (χ0n) is 11.6. The van der Waals surface area contributed by atoms with E-state index in [1.165, 1.54) is 19.2 Å². The van der Waals surface area contributed by atoms with Crippen LogP contribution in [0.3, 0.4) is 0 Å². The first-order chi connectivity index (χ1) is 9.35. The molecule has 0 saturated carbocycles. The highest BCUT2D eigenvalue weighted by Gasteiger charge is 2.23. The summed E-state index contributed by atoms with van der Waals surface area (Å²) in [6, 6.07) is 2.74. The van der Waals surface area contributed by atoms with Gasteiger partial charge in [-0.3, -0.25) is 4.79 Å². The first-order valence-corrected chi connectivity index (χ1v) is 6.22. The zero-order chi connectivity index (χ0) is 15.3. The fourth-order valence-corrected chi connectivity index (χ4v) is 1.74. The zero-order valence-corrected chi connectivity index (χ0v) is 11.6. The van der Waals surface area contributed by atoms with Crippen molar-refractivity contribution in [1.82, 2.24) is 5.32 Å². The fourth-order valence-electron chi connectivity index (χ4n) is 1.74. The molecule has 0 radical (unpaired) electrons. The van der Waals surface area contributed by atoms with Crippen LogP contribution in [-0.4, -0.2) is 30.1 Å². The van der Waals surface area contributed by atoms with E-state index in [1.807, 2.05) is 13.8 Å². The highest BCUT2D eigenvalue weighted by molar-refractivity contribution is 5.96. The lowest BCUT2D eigenvalue weighted by molar-refractivity contribution is -0.139. The molecule has 1 aromatic carbocycles. The van der Waals surface area contributed by atoms with Crippen LogP contribution in [-0.2, 0) is 4.79 Å². The largest absolute Gasteiger partial charge is 0.497 e. The molecule has 20 heavy (non-hydrogen) atoms. The average molecular weight is 283 g/mol. The predicted molar refractivity (Wildman–Crippen MR) is 71.3 cm³/mol. The van der Waals surface area contributed by atoms with Gasteiger partial charge in [0.25, 0.3) is 5.91 Å². The first kappa shape index (κ1) is 15.9. The molecule has 1 rings (SSSR count). The molecule has 0 unspecified atom stereocenters. The van der Waals surface area contributed by atoms with Crippen LogP contribution >= 0.6 is 0 Å². The van der Waals surface area contributed by atoms with Crippen LogP contribution in [0, 0.1) is 11.7 Å². The molecule has 1 aromatic rings. The predicted octanol–water partition coefficient (Wildman–Crippen LogP) is 2.06.